The van der Waals surface area contributed by atoms with Crippen molar-refractivity contribution >= 4 is 23.6 Å². The lowest BCUT2D eigenvalue weighted by molar-refractivity contribution is -0.128. The highest BCUT2D eigenvalue weighted by molar-refractivity contribution is 6.30. The average molecular weight is 345 g/mol. The lowest BCUT2D eigenvalue weighted by Crippen LogP contribution is -2.04. The van der Waals surface area contributed by atoms with Crippen molar-refractivity contribution in [1.82, 2.24) is 20.2 Å². The zero-order valence-electron chi connectivity index (χ0n) is 12.1. The van der Waals surface area contributed by atoms with E-state index in [1.807, 2.05) is 0 Å². The fraction of sp³-hybridized carbons (Fsp3) is 0. The summed E-state index contributed by atoms with van der Waals surface area (Å²) in [6.07, 6.45) is 4.18. The number of nitrogens with zero attached hydrogens (tertiary/aromatic N) is 4. The van der Waals surface area contributed by atoms with E-state index in [0.29, 0.717) is 11.3 Å². The smallest absolute Gasteiger partial charge is 0.336 e. The highest BCUT2D eigenvalue weighted by Crippen LogP contribution is 2.17. The van der Waals surface area contributed by atoms with Gasteiger partial charge in [0.2, 0.25) is 0 Å². The van der Waals surface area contributed by atoms with Gasteiger partial charge in [-0.1, -0.05) is 17.7 Å². The Labute approximate surface area is 141 Å². The second-order valence-electron chi connectivity index (χ2n) is 4.68. The van der Waals surface area contributed by atoms with Gasteiger partial charge in [0.05, 0.1) is 10.7 Å². The number of ether oxygens (including phenoxy) is 1. The quantitative estimate of drug-likeness (QED) is 0.413. The van der Waals surface area contributed by atoms with Crippen LogP contribution in [0.4, 0.5) is 4.39 Å². The maximum atomic E-state index is 13.1. The van der Waals surface area contributed by atoms with Crippen LogP contribution in [0.25, 0.3) is 11.8 Å². The molecule has 0 aliphatic rings. The maximum Gasteiger partial charge on any atom is 0.336 e. The number of aromatic nitrogens is 4. The summed E-state index contributed by atoms with van der Waals surface area (Å²) in [5.74, 6) is -0.705. The molecular formula is C16H10ClFN4O2. The molecule has 0 unspecified atom stereocenters. The van der Waals surface area contributed by atoms with Crippen molar-refractivity contribution < 1.29 is 13.9 Å². The van der Waals surface area contributed by atoms with Gasteiger partial charge in [0, 0.05) is 6.08 Å². The SMILES string of the molecule is O=C(/C=C/c1ccc(F)c(Cl)c1)Oc1ccc(-n2cnnn2)cc1. The second kappa shape index (κ2) is 7.01. The van der Waals surface area contributed by atoms with Crippen molar-refractivity contribution in [1.29, 1.82) is 0 Å². The Morgan fingerprint density at radius 2 is 2.00 bits per heavy atom. The number of hydrogen-bond acceptors (Lipinski definition) is 5. The van der Waals surface area contributed by atoms with E-state index in [2.05, 4.69) is 15.5 Å². The van der Waals surface area contributed by atoms with Crippen LogP contribution in [-0.4, -0.2) is 26.2 Å². The molecule has 0 spiro atoms. The van der Waals surface area contributed by atoms with Crippen molar-refractivity contribution in [2.75, 3.05) is 0 Å². The summed E-state index contributed by atoms with van der Waals surface area (Å²) in [7, 11) is 0. The molecule has 0 radical (unpaired) electrons. The molecule has 0 saturated heterocycles. The minimum Gasteiger partial charge on any atom is -0.423 e. The van der Waals surface area contributed by atoms with Gasteiger partial charge in [0.1, 0.15) is 17.9 Å². The Morgan fingerprint density at radius 3 is 2.67 bits per heavy atom. The summed E-state index contributed by atoms with van der Waals surface area (Å²) in [6.45, 7) is 0. The third kappa shape index (κ3) is 3.82. The number of halogens is 2. The first-order valence-electron chi connectivity index (χ1n) is 6.80. The minimum absolute atomic E-state index is 0.0105. The summed E-state index contributed by atoms with van der Waals surface area (Å²) in [5, 5.41) is 10.8. The van der Waals surface area contributed by atoms with E-state index >= 15 is 0 Å². The molecule has 0 saturated carbocycles. The zero-order chi connectivity index (χ0) is 16.9. The van der Waals surface area contributed by atoms with E-state index in [9.17, 15) is 9.18 Å². The van der Waals surface area contributed by atoms with Crippen LogP contribution in [0.3, 0.4) is 0 Å². The van der Waals surface area contributed by atoms with Gasteiger partial charge >= 0.3 is 5.97 Å². The first-order valence-corrected chi connectivity index (χ1v) is 7.18. The molecule has 3 aromatic rings. The third-order valence-electron chi connectivity index (χ3n) is 3.02. The molecular weight excluding hydrogens is 335 g/mol. The maximum absolute atomic E-state index is 13.1. The molecule has 0 aliphatic heterocycles. The number of hydrogen-bond donors (Lipinski definition) is 0. The first-order chi connectivity index (χ1) is 11.6. The van der Waals surface area contributed by atoms with Gasteiger partial charge in [-0.3, -0.25) is 0 Å². The number of tetrazole rings is 1. The molecule has 0 atom stereocenters. The predicted octanol–water partition coefficient (Wildman–Crippen LogP) is 3.07. The van der Waals surface area contributed by atoms with Crippen molar-refractivity contribution in [3.8, 4) is 11.4 Å². The van der Waals surface area contributed by atoms with E-state index < -0.39 is 11.8 Å². The van der Waals surface area contributed by atoms with E-state index in [1.54, 1.807) is 24.3 Å². The van der Waals surface area contributed by atoms with Gasteiger partial charge < -0.3 is 4.74 Å². The molecule has 8 heteroatoms. The Balaban J connectivity index is 1.64. The Kier molecular flexibility index (Phi) is 4.62. The Hall–Kier alpha value is -3.06. The van der Waals surface area contributed by atoms with Crippen molar-refractivity contribution in [3.05, 3.63) is 71.3 Å². The molecule has 0 aliphatic carbocycles. The molecule has 24 heavy (non-hydrogen) atoms. The molecule has 2 aromatic carbocycles. The summed E-state index contributed by atoms with van der Waals surface area (Å²) in [4.78, 5) is 11.8. The summed E-state index contributed by atoms with van der Waals surface area (Å²) in [5.41, 5.74) is 1.32. The van der Waals surface area contributed by atoms with Gasteiger partial charge in [-0.2, -0.15) is 0 Å². The van der Waals surface area contributed by atoms with E-state index in [1.165, 1.54) is 41.4 Å². The Bertz CT molecular complexity index is 880. The number of esters is 1. The van der Waals surface area contributed by atoms with Crippen molar-refractivity contribution in [3.63, 3.8) is 0 Å². The molecule has 1 heterocycles. The van der Waals surface area contributed by atoms with Gasteiger partial charge in [-0.25, -0.2) is 13.9 Å². The largest absolute Gasteiger partial charge is 0.423 e. The second-order valence-corrected chi connectivity index (χ2v) is 5.08. The van der Waals surface area contributed by atoms with Crippen LogP contribution in [-0.2, 0) is 4.79 Å². The highest BCUT2D eigenvalue weighted by atomic mass is 35.5. The number of rotatable bonds is 4. The Morgan fingerprint density at radius 1 is 1.21 bits per heavy atom. The summed E-state index contributed by atoms with van der Waals surface area (Å²) in [6, 6.07) is 10.8. The molecule has 0 fully saturated rings. The molecule has 6 nitrogen and oxygen atoms in total. The molecule has 1 aromatic heterocycles. The molecule has 3 rings (SSSR count). The van der Waals surface area contributed by atoms with Crippen LogP contribution >= 0.6 is 11.6 Å². The fourth-order valence-corrected chi connectivity index (χ4v) is 2.07. The monoisotopic (exact) mass is 344 g/mol. The van der Waals surface area contributed by atoms with Gasteiger partial charge in [0.15, 0.2) is 0 Å². The normalized spacial score (nSPS) is 10.9. The van der Waals surface area contributed by atoms with Crippen LogP contribution in [0.1, 0.15) is 5.56 Å². The van der Waals surface area contributed by atoms with Crippen LogP contribution in [0.15, 0.2) is 54.9 Å². The number of carbonyl (C=O) groups is 1. The minimum atomic E-state index is -0.564. The molecule has 120 valence electrons. The van der Waals surface area contributed by atoms with Crippen molar-refractivity contribution in [2.45, 2.75) is 0 Å². The summed E-state index contributed by atoms with van der Waals surface area (Å²) >= 11 is 5.67. The molecule has 0 bridgehead atoms. The van der Waals surface area contributed by atoms with Gasteiger partial charge in [-0.15, -0.1) is 5.10 Å². The fourth-order valence-electron chi connectivity index (χ4n) is 1.88. The standard InChI is InChI=1S/C16H10ClFN4O2/c17-14-9-11(1-7-15(14)18)2-8-16(23)24-13-5-3-12(4-6-13)22-10-19-20-21-22/h1-10H/b8-2+. The molecule has 0 N–H and O–H groups in total. The average Bonchev–Trinajstić information content (AvgIpc) is 3.11. The van der Waals surface area contributed by atoms with E-state index in [-0.39, 0.29) is 5.02 Å². The highest BCUT2D eigenvalue weighted by Gasteiger charge is 2.03. The van der Waals surface area contributed by atoms with Gasteiger partial charge in [0.25, 0.3) is 0 Å². The lowest BCUT2D eigenvalue weighted by Gasteiger charge is -2.03. The van der Waals surface area contributed by atoms with Crippen LogP contribution in [0, 0.1) is 5.82 Å². The molecule has 0 amide bonds. The van der Waals surface area contributed by atoms with Crippen LogP contribution < -0.4 is 4.74 Å². The first kappa shape index (κ1) is 15.8. The summed E-state index contributed by atoms with van der Waals surface area (Å²) < 4.78 is 19.7. The zero-order valence-corrected chi connectivity index (χ0v) is 12.9. The third-order valence-corrected chi connectivity index (χ3v) is 3.31. The van der Waals surface area contributed by atoms with Crippen LogP contribution in [0.2, 0.25) is 5.02 Å². The lowest BCUT2D eigenvalue weighted by atomic mass is 10.2. The number of carbonyl (C=O) groups excluding carboxylic acids is 1. The number of benzene rings is 2. The van der Waals surface area contributed by atoms with Gasteiger partial charge in [-0.05, 0) is 58.5 Å². The predicted molar refractivity (Wildman–Crippen MR) is 85.2 cm³/mol. The topological polar surface area (TPSA) is 69.9 Å². The van der Waals surface area contributed by atoms with Crippen molar-refractivity contribution in [2.24, 2.45) is 0 Å². The van der Waals surface area contributed by atoms with E-state index in [4.69, 9.17) is 16.3 Å². The van der Waals surface area contributed by atoms with E-state index in [0.717, 1.165) is 5.69 Å². The van der Waals surface area contributed by atoms with Crippen LogP contribution in [0.5, 0.6) is 5.75 Å².